The molecule has 3 aliphatic heterocycles. The number of amides is 1. The summed E-state index contributed by atoms with van der Waals surface area (Å²) in [4.78, 5) is 20.1. The first-order valence-electron chi connectivity index (χ1n) is 6.87. The van der Waals surface area contributed by atoms with E-state index in [0.717, 1.165) is 12.5 Å². The van der Waals surface area contributed by atoms with E-state index in [2.05, 4.69) is 15.3 Å². The van der Waals surface area contributed by atoms with E-state index in [-0.39, 0.29) is 5.91 Å². The maximum Gasteiger partial charge on any atom is 0.224 e. The van der Waals surface area contributed by atoms with Crippen LogP contribution in [0.5, 0.6) is 0 Å². The summed E-state index contributed by atoms with van der Waals surface area (Å²) in [6, 6.07) is 0. The summed E-state index contributed by atoms with van der Waals surface area (Å²) in [5, 5.41) is 2.02. The average molecular weight is 277 g/mol. The van der Waals surface area contributed by atoms with E-state index in [1.165, 1.54) is 0 Å². The molecule has 0 unspecified atom stereocenters. The molecule has 0 atom stereocenters. The molecule has 0 aliphatic carbocycles. The van der Waals surface area contributed by atoms with Crippen molar-refractivity contribution in [2.24, 2.45) is 4.99 Å². The topological polar surface area (TPSA) is 60.4 Å². The fourth-order valence-corrected chi connectivity index (χ4v) is 2.39. The monoisotopic (exact) mass is 277 g/mol. The lowest BCUT2D eigenvalue weighted by Gasteiger charge is -2.27. The molecule has 0 aromatic rings. The lowest BCUT2D eigenvalue weighted by Crippen LogP contribution is -2.42. The Bertz CT molecular complexity index is 454. The Morgan fingerprint density at radius 1 is 1.40 bits per heavy atom. The zero-order valence-corrected chi connectivity index (χ0v) is 11.4. The van der Waals surface area contributed by atoms with Crippen molar-refractivity contribution in [3.8, 4) is 0 Å². The second kappa shape index (κ2) is 6.06. The molecule has 1 amide bonds. The van der Waals surface area contributed by atoms with Crippen molar-refractivity contribution >= 4 is 12.1 Å². The number of nitrogens with zero attached hydrogens (tertiary/aromatic N) is 4. The van der Waals surface area contributed by atoms with Crippen LogP contribution in [0, 0.1) is 0 Å². The van der Waals surface area contributed by atoms with Crippen LogP contribution in [0.3, 0.4) is 0 Å². The predicted molar refractivity (Wildman–Crippen MR) is 74.3 cm³/mol. The number of carbonyl (C=O) groups excluding carboxylic acids is 1. The van der Waals surface area contributed by atoms with Crippen LogP contribution in [-0.2, 0) is 9.53 Å². The Morgan fingerprint density at radius 2 is 2.25 bits per heavy atom. The number of carbonyl (C=O) groups is 1. The quantitative estimate of drug-likeness (QED) is 0.768. The minimum Gasteiger partial charge on any atom is -0.378 e. The summed E-state index contributed by atoms with van der Waals surface area (Å²) in [5.74, 6) is 1.13. The first kappa shape index (κ1) is 13.1. The molecule has 0 aromatic carbocycles. The molecular formula is C13H19N5O2. The molecule has 7 heteroatoms. The standard InChI is InChI=1S/C13H19N5O2/c19-13(16-6-8-20-9-7-16)2-5-18-11-17-4-1-3-14-10-12(17)15-18/h1,3-4,10,15H,2,5-9,11H2. The molecule has 2 fully saturated rings. The smallest absolute Gasteiger partial charge is 0.224 e. The van der Waals surface area contributed by atoms with E-state index in [1.807, 2.05) is 22.2 Å². The summed E-state index contributed by atoms with van der Waals surface area (Å²) in [6.45, 7) is 4.12. The van der Waals surface area contributed by atoms with E-state index in [1.54, 1.807) is 12.4 Å². The van der Waals surface area contributed by atoms with Crippen molar-refractivity contribution in [2.75, 3.05) is 39.5 Å². The summed E-state index contributed by atoms with van der Waals surface area (Å²) >= 11 is 0. The molecule has 0 bridgehead atoms. The number of rotatable bonds is 3. The zero-order chi connectivity index (χ0) is 13.8. The van der Waals surface area contributed by atoms with E-state index >= 15 is 0 Å². The maximum atomic E-state index is 12.1. The lowest BCUT2D eigenvalue weighted by atomic mass is 10.3. The van der Waals surface area contributed by atoms with Gasteiger partial charge in [0.05, 0.1) is 26.1 Å². The number of hydrazine groups is 1. The summed E-state index contributed by atoms with van der Waals surface area (Å²) in [5.41, 5.74) is 3.25. The number of hydrogen-bond acceptors (Lipinski definition) is 6. The van der Waals surface area contributed by atoms with E-state index < -0.39 is 0 Å². The van der Waals surface area contributed by atoms with Gasteiger partial charge in [-0.25, -0.2) is 5.01 Å². The van der Waals surface area contributed by atoms with Crippen molar-refractivity contribution in [1.29, 1.82) is 0 Å². The molecule has 20 heavy (non-hydrogen) atoms. The zero-order valence-electron chi connectivity index (χ0n) is 11.4. The number of nitrogens with one attached hydrogen (secondary N) is 1. The second-order valence-corrected chi connectivity index (χ2v) is 4.88. The van der Waals surface area contributed by atoms with Crippen molar-refractivity contribution in [3.63, 3.8) is 0 Å². The lowest BCUT2D eigenvalue weighted by molar-refractivity contribution is -0.135. The fourth-order valence-electron chi connectivity index (χ4n) is 2.39. The van der Waals surface area contributed by atoms with Gasteiger partial charge in [0.15, 0.2) is 0 Å². The van der Waals surface area contributed by atoms with Gasteiger partial charge in [-0.3, -0.25) is 9.79 Å². The van der Waals surface area contributed by atoms with Crippen LogP contribution in [0.4, 0.5) is 0 Å². The highest BCUT2D eigenvalue weighted by molar-refractivity contribution is 5.76. The minimum absolute atomic E-state index is 0.194. The first-order chi connectivity index (χ1) is 9.83. The van der Waals surface area contributed by atoms with Crippen LogP contribution in [0.1, 0.15) is 6.42 Å². The molecule has 1 N–H and O–H groups in total. The van der Waals surface area contributed by atoms with Gasteiger partial charge >= 0.3 is 0 Å². The minimum atomic E-state index is 0.194. The number of aliphatic imine (C=N–C) groups is 1. The van der Waals surface area contributed by atoms with Crippen LogP contribution < -0.4 is 5.43 Å². The van der Waals surface area contributed by atoms with Gasteiger partial charge in [-0.2, -0.15) is 0 Å². The van der Waals surface area contributed by atoms with Crippen LogP contribution in [0.25, 0.3) is 0 Å². The van der Waals surface area contributed by atoms with Gasteiger partial charge in [0.25, 0.3) is 0 Å². The second-order valence-electron chi connectivity index (χ2n) is 4.88. The van der Waals surface area contributed by atoms with Gasteiger partial charge in [-0.1, -0.05) is 0 Å². The van der Waals surface area contributed by atoms with Crippen molar-refractivity contribution in [2.45, 2.75) is 6.42 Å². The summed E-state index contributed by atoms with van der Waals surface area (Å²) in [7, 11) is 0. The number of morpholine rings is 1. The van der Waals surface area contributed by atoms with Crippen molar-refractivity contribution < 1.29 is 9.53 Å². The SMILES string of the molecule is O=C(CCN1CN2C=CC=NC=C2N1)N1CCOCC1. The Kier molecular flexibility index (Phi) is 3.98. The Balaban J connectivity index is 1.47. The van der Waals surface area contributed by atoms with Gasteiger partial charge in [0.2, 0.25) is 5.91 Å². The molecular weight excluding hydrogens is 258 g/mol. The fraction of sp³-hybridized carbons (Fsp3) is 0.538. The number of ether oxygens (including phenoxy) is 1. The normalized spacial score (nSPS) is 22.3. The molecule has 0 radical (unpaired) electrons. The van der Waals surface area contributed by atoms with Crippen LogP contribution in [0.2, 0.25) is 0 Å². The van der Waals surface area contributed by atoms with Crippen molar-refractivity contribution in [3.05, 3.63) is 24.3 Å². The molecule has 0 saturated carbocycles. The number of hydrogen-bond donors (Lipinski definition) is 1. The molecule has 108 valence electrons. The molecule has 3 rings (SSSR count). The third-order valence-electron chi connectivity index (χ3n) is 3.50. The Hall–Kier alpha value is -1.86. The highest BCUT2D eigenvalue weighted by atomic mass is 16.5. The molecule has 7 nitrogen and oxygen atoms in total. The highest BCUT2D eigenvalue weighted by Crippen LogP contribution is 2.14. The molecule has 0 spiro atoms. The van der Waals surface area contributed by atoms with Crippen LogP contribution in [0.15, 0.2) is 29.3 Å². The number of allylic oxidation sites excluding steroid dienone is 1. The summed E-state index contributed by atoms with van der Waals surface area (Å²) in [6.07, 6.45) is 7.91. The first-order valence-corrected chi connectivity index (χ1v) is 6.87. The average Bonchev–Trinajstić information content (AvgIpc) is 2.75. The van der Waals surface area contributed by atoms with E-state index in [0.29, 0.717) is 39.3 Å². The van der Waals surface area contributed by atoms with Gasteiger partial charge in [-0.05, 0) is 6.08 Å². The predicted octanol–water partition coefficient (Wildman–Crippen LogP) is -0.288. The van der Waals surface area contributed by atoms with Gasteiger partial charge < -0.3 is 20.0 Å². The molecule has 3 aliphatic rings. The number of fused-ring (bicyclic) bond motifs is 1. The Morgan fingerprint density at radius 3 is 3.10 bits per heavy atom. The highest BCUT2D eigenvalue weighted by Gasteiger charge is 2.24. The van der Waals surface area contributed by atoms with Crippen LogP contribution >= 0.6 is 0 Å². The van der Waals surface area contributed by atoms with E-state index in [9.17, 15) is 4.79 Å². The van der Waals surface area contributed by atoms with Gasteiger partial charge in [0.1, 0.15) is 5.82 Å². The summed E-state index contributed by atoms with van der Waals surface area (Å²) < 4.78 is 5.25. The third kappa shape index (κ3) is 3.00. The molecule has 3 heterocycles. The van der Waals surface area contributed by atoms with Crippen molar-refractivity contribution in [1.82, 2.24) is 20.2 Å². The maximum absolute atomic E-state index is 12.1. The molecule has 0 aromatic heterocycles. The van der Waals surface area contributed by atoms with Gasteiger partial charge in [0, 0.05) is 38.5 Å². The van der Waals surface area contributed by atoms with Crippen LogP contribution in [-0.4, -0.2) is 66.4 Å². The third-order valence-corrected chi connectivity index (χ3v) is 3.50. The van der Waals surface area contributed by atoms with Gasteiger partial charge in [-0.15, -0.1) is 0 Å². The largest absolute Gasteiger partial charge is 0.378 e. The van der Waals surface area contributed by atoms with E-state index in [4.69, 9.17) is 4.74 Å². The Labute approximate surface area is 118 Å². The molecule has 2 saturated heterocycles.